The zero-order valence-electron chi connectivity index (χ0n) is 27.3. The van der Waals surface area contributed by atoms with Crippen molar-refractivity contribution in [1.29, 1.82) is 5.26 Å². The molecule has 194 valence electrons. The first-order chi connectivity index (χ1) is 20.7. The Morgan fingerprint density at radius 1 is 1.16 bits per heavy atom. The summed E-state index contributed by atoms with van der Waals surface area (Å²) in [7, 11) is 1.99. The highest BCUT2D eigenvalue weighted by Crippen LogP contribution is 2.36. The Balaban J connectivity index is 1.31. The Bertz CT molecular complexity index is 1720. The lowest BCUT2D eigenvalue weighted by Crippen LogP contribution is -2.35. The van der Waals surface area contributed by atoms with Crippen LogP contribution < -0.4 is 5.73 Å². The highest BCUT2D eigenvalue weighted by atomic mass is 16.2. The smallest absolute Gasteiger partial charge is 0.253 e. The van der Waals surface area contributed by atoms with E-state index in [1.165, 1.54) is 12.1 Å². The van der Waals surface area contributed by atoms with Gasteiger partial charge in [0.1, 0.15) is 17.5 Å². The van der Waals surface area contributed by atoms with Crippen LogP contribution in [0.5, 0.6) is 0 Å². The molecule has 1 amide bonds. The molecule has 0 aliphatic carbocycles. The van der Waals surface area contributed by atoms with Crippen LogP contribution in [0.15, 0.2) is 54.7 Å². The van der Waals surface area contributed by atoms with Crippen LogP contribution in [0.1, 0.15) is 67.3 Å². The lowest BCUT2D eigenvalue weighted by molar-refractivity contribution is 0.0827. The van der Waals surface area contributed by atoms with Crippen molar-refractivity contribution in [3.05, 3.63) is 77.2 Å². The molecule has 0 radical (unpaired) electrons. The van der Waals surface area contributed by atoms with Crippen LogP contribution in [0.25, 0.3) is 22.2 Å². The molecule has 8 heteroatoms. The molecule has 8 nitrogen and oxygen atoms in total. The summed E-state index contributed by atoms with van der Waals surface area (Å²) in [6.07, 6.45) is 3.49. The number of nitrogens with two attached hydrogens (primary N) is 1. The van der Waals surface area contributed by atoms with E-state index in [0.29, 0.717) is 11.4 Å². The van der Waals surface area contributed by atoms with E-state index in [1.54, 1.807) is 24.4 Å². The number of nitrogen functional groups attached to an aromatic ring is 1. The van der Waals surface area contributed by atoms with Crippen LogP contribution in [-0.4, -0.2) is 57.3 Å². The van der Waals surface area contributed by atoms with Crippen LogP contribution in [0, 0.1) is 11.3 Å². The highest BCUT2D eigenvalue weighted by Gasteiger charge is 2.27. The minimum absolute atomic E-state index is 0.0184. The number of likely N-dealkylation sites (tertiary alicyclic amines) is 1. The largest absolute Gasteiger partial charge is 0.384 e. The van der Waals surface area contributed by atoms with Crippen molar-refractivity contribution in [3.63, 3.8) is 0 Å². The zero-order chi connectivity index (χ0) is 32.0. The van der Waals surface area contributed by atoms with Gasteiger partial charge in [-0.3, -0.25) is 9.69 Å². The Morgan fingerprint density at radius 3 is 2.58 bits per heavy atom. The van der Waals surface area contributed by atoms with Crippen molar-refractivity contribution in [2.45, 2.75) is 31.7 Å². The van der Waals surface area contributed by atoms with E-state index in [-0.39, 0.29) is 28.1 Å². The number of pyridine rings is 2. The lowest BCUT2D eigenvalue weighted by atomic mass is 9.88. The third kappa shape index (κ3) is 4.61. The van der Waals surface area contributed by atoms with E-state index >= 15 is 0 Å². The fraction of sp³-hybridized carbons (Fsp3) is 0.333. The molecule has 1 aliphatic heterocycles. The zero-order valence-corrected chi connectivity index (χ0v) is 21.3. The minimum atomic E-state index is -3.08. The predicted molar refractivity (Wildman–Crippen MR) is 149 cm³/mol. The predicted octanol–water partition coefficient (Wildman–Crippen LogP) is 4.73. The maximum absolute atomic E-state index is 12.8. The van der Waals surface area contributed by atoms with Gasteiger partial charge in [-0.05, 0) is 86.3 Å². The number of fused-ring (bicyclic) bond motifs is 1. The molecule has 1 aromatic carbocycles. The molecular formula is C30H33N7O. The highest BCUT2D eigenvalue weighted by molar-refractivity contribution is 5.95. The summed E-state index contributed by atoms with van der Waals surface area (Å²) in [5.41, 5.74) is 10.6. The van der Waals surface area contributed by atoms with Gasteiger partial charge in [-0.2, -0.15) is 5.26 Å². The summed E-state index contributed by atoms with van der Waals surface area (Å²) in [6.45, 7) is -2.33. The van der Waals surface area contributed by atoms with E-state index in [9.17, 15) is 10.1 Å². The summed E-state index contributed by atoms with van der Waals surface area (Å²) in [5.74, 6) is -0.518. The molecule has 4 heterocycles. The van der Waals surface area contributed by atoms with Crippen LogP contribution in [-0.2, 0) is 7.05 Å². The number of carbonyl (C=O) groups excluding carboxylic acids is 1. The summed E-state index contributed by atoms with van der Waals surface area (Å²) >= 11 is 0. The number of piperidine rings is 1. The number of nitrogens with zero attached hydrogens (tertiary/aromatic N) is 6. The average molecular weight is 514 g/mol. The van der Waals surface area contributed by atoms with E-state index in [0.717, 1.165) is 53.8 Å². The number of benzene rings is 1. The molecule has 1 atom stereocenters. The number of aryl methyl sites for hydroxylation is 1. The maximum Gasteiger partial charge on any atom is 0.253 e. The van der Waals surface area contributed by atoms with Gasteiger partial charge in [0.15, 0.2) is 5.69 Å². The van der Waals surface area contributed by atoms with Crippen LogP contribution in [0.4, 0.5) is 5.82 Å². The molecule has 5 rings (SSSR count). The number of hydrogen-bond donors (Lipinski definition) is 1. The van der Waals surface area contributed by atoms with Crippen molar-refractivity contribution >= 4 is 22.8 Å². The van der Waals surface area contributed by atoms with Gasteiger partial charge in [0.05, 0.1) is 0 Å². The van der Waals surface area contributed by atoms with Crippen molar-refractivity contribution in [1.82, 2.24) is 24.3 Å². The molecule has 1 fully saturated rings. The number of rotatable bonds is 5. The second kappa shape index (κ2) is 10.3. The van der Waals surface area contributed by atoms with Crippen LogP contribution in [0.2, 0.25) is 0 Å². The molecular weight excluding hydrogens is 474 g/mol. The number of aromatic nitrogens is 3. The Morgan fingerprint density at radius 2 is 1.89 bits per heavy atom. The molecule has 2 N–H and O–H groups in total. The first kappa shape index (κ1) is 18.9. The standard InChI is InChI=1S/C30H33N7O/c1-19(37-15-12-21(13-16-37)20-5-7-22(8-6-20)30(38)35(2)3)27-17-25-23(11-14-33-29(25)36(27)4)24-9-10-28(32)34-26(24)18-31/h5-11,14,17,19,21H,12-13,15-16H2,1-4H3,(H2,32,34)/t19-/m1/s1/i2D3,3D3. The molecule has 1 saturated heterocycles. The van der Waals surface area contributed by atoms with E-state index < -0.39 is 19.9 Å². The normalized spacial score (nSPS) is 18.3. The van der Waals surface area contributed by atoms with E-state index in [2.05, 4.69) is 38.5 Å². The van der Waals surface area contributed by atoms with Crippen molar-refractivity contribution in [2.75, 3.05) is 32.8 Å². The molecule has 0 bridgehead atoms. The second-order valence-electron chi connectivity index (χ2n) is 9.72. The quantitative estimate of drug-likeness (QED) is 0.414. The van der Waals surface area contributed by atoms with Crippen LogP contribution >= 0.6 is 0 Å². The Labute approximate surface area is 231 Å². The van der Waals surface area contributed by atoms with Crippen molar-refractivity contribution in [3.8, 4) is 17.2 Å². The Kier molecular flexibility index (Phi) is 5.12. The molecule has 3 aromatic heterocycles. The van der Waals surface area contributed by atoms with E-state index in [4.69, 9.17) is 14.0 Å². The third-order valence-corrected chi connectivity index (χ3v) is 7.62. The van der Waals surface area contributed by atoms with Gasteiger partial charge in [-0.25, -0.2) is 9.97 Å². The number of hydrogen-bond acceptors (Lipinski definition) is 6. The minimum Gasteiger partial charge on any atom is -0.384 e. The fourth-order valence-corrected chi connectivity index (χ4v) is 5.49. The van der Waals surface area contributed by atoms with E-state index in [1.807, 2.05) is 19.2 Å². The summed E-state index contributed by atoms with van der Waals surface area (Å²) in [5, 5.41) is 10.6. The van der Waals surface area contributed by atoms with Gasteiger partial charge in [0.2, 0.25) is 0 Å². The summed E-state index contributed by atoms with van der Waals surface area (Å²) in [6, 6.07) is 16.3. The number of anilines is 1. The summed E-state index contributed by atoms with van der Waals surface area (Å²) < 4.78 is 47.2. The van der Waals surface area contributed by atoms with Gasteiger partial charge in [0.25, 0.3) is 5.91 Å². The topological polar surface area (TPSA) is 104 Å². The van der Waals surface area contributed by atoms with Gasteiger partial charge in [-0.15, -0.1) is 0 Å². The van der Waals surface area contributed by atoms with Crippen LogP contribution in [0.3, 0.4) is 0 Å². The second-order valence-corrected chi connectivity index (χ2v) is 9.72. The first-order valence-electron chi connectivity index (χ1n) is 15.5. The molecule has 38 heavy (non-hydrogen) atoms. The number of carbonyl (C=O) groups is 1. The monoisotopic (exact) mass is 513 g/mol. The maximum atomic E-state index is 12.8. The number of nitriles is 1. The molecule has 4 aromatic rings. The van der Waals surface area contributed by atoms with Crippen molar-refractivity contribution in [2.24, 2.45) is 7.05 Å². The Hall–Kier alpha value is -4.22. The number of amides is 1. The fourth-order valence-electron chi connectivity index (χ4n) is 5.49. The lowest BCUT2D eigenvalue weighted by Gasteiger charge is -2.36. The molecule has 0 spiro atoms. The van der Waals surface area contributed by atoms with Gasteiger partial charge < -0.3 is 15.2 Å². The molecule has 1 aliphatic rings. The first-order valence-corrected chi connectivity index (χ1v) is 12.5. The SMILES string of the molecule is [2H]C([2H])([2H])N(C(=O)c1ccc(C2CCN([C@H](C)c3cc4c(-c5ccc(N)nc5C#N)ccnc4n3C)CC2)cc1)C([2H])([2H])[2H]. The van der Waals surface area contributed by atoms with Gasteiger partial charge in [-0.1, -0.05) is 12.1 Å². The molecule has 0 saturated carbocycles. The third-order valence-electron chi connectivity index (χ3n) is 7.62. The van der Waals surface area contributed by atoms with Gasteiger partial charge >= 0.3 is 0 Å². The van der Waals surface area contributed by atoms with Crippen molar-refractivity contribution < 1.29 is 13.0 Å². The summed E-state index contributed by atoms with van der Waals surface area (Å²) in [4.78, 5) is 24.0. The average Bonchev–Trinajstić information content (AvgIpc) is 3.32. The molecule has 0 unspecified atom stereocenters. The van der Waals surface area contributed by atoms with Gasteiger partial charge in [0, 0.05) is 63.7 Å².